The van der Waals surface area contributed by atoms with E-state index in [2.05, 4.69) is 12.2 Å². The van der Waals surface area contributed by atoms with Gasteiger partial charge in [-0.25, -0.2) is 12.7 Å². The maximum atomic E-state index is 12.8. The summed E-state index contributed by atoms with van der Waals surface area (Å²) in [6, 6.07) is 5.28. The van der Waals surface area contributed by atoms with Gasteiger partial charge < -0.3 is 10.1 Å². The summed E-state index contributed by atoms with van der Waals surface area (Å²) >= 11 is 0. The molecule has 0 heterocycles. The molecule has 0 bridgehead atoms. The van der Waals surface area contributed by atoms with Crippen LogP contribution in [0.15, 0.2) is 23.1 Å². The molecule has 2 rings (SSSR count). The summed E-state index contributed by atoms with van der Waals surface area (Å²) in [5.41, 5.74) is 0.921. The average molecular weight is 312 g/mol. The van der Waals surface area contributed by atoms with Crippen LogP contribution in [0.1, 0.15) is 18.9 Å². The molecule has 1 aromatic carbocycles. The molecular formula is C15H24N2O3S. The van der Waals surface area contributed by atoms with Gasteiger partial charge in [0.1, 0.15) is 10.6 Å². The number of benzene rings is 1. The monoisotopic (exact) mass is 312 g/mol. The van der Waals surface area contributed by atoms with Gasteiger partial charge in [-0.15, -0.1) is 0 Å². The van der Waals surface area contributed by atoms with E-state index in [1.165, 1.54) is 11.4 Å². The maximum absolute atomic E-state index is 12.8. The van der Waals surface area contributed by atoms with E-state index in [9.17, 15) is 8.42 Å². The minimum atomic E-state index is -3.52. The van der Waals surface area contributed by atoms with Gasteiger partial charge in [-0.3, -0.25) is 0 Å². The van der Waals surface area contributed by atoms with Crippen molar-refractivity contribution >= 4 is 10.0 Å². The van der Waals surface area contributed by atoms with Crippen molar-refractivity contribution in [1.82, 2.24) is 9.62 Å². The Morgan fingerprint density at radius 3 is 2.62 bits per heavy atom. The number of hydrogen-bond donors (Lipinski definition) is 1. The Bertz CT molecular complexity index is 601. The maximum Gasteiger partial charge on any atom is 0.246 e. The molecule has 1 N–H and O–H groups in total. The lowest BCUT2D eigenvalue weighted by Gasteiger charge is -2.19. The summed E-state index contributed by atoms with van der Waals surface area (Å²) in [6.45, 7) is 3.35. The lowest BCUT2D eigenvalue weighted by Crippen LogP contribution is -2.29. The van der Waals surface area contributed by atoms with Crippen LogP contribution in [-0.4, -0.2) is 40.5 Å². The number of methoxy groups -OCH3 is 1. The molecule has 6 heteroatoms. The summed E-state index contributed by atoms with van der Waals surface area (Å²) in [6.07, 6.45) is 1.11. The third-order valence-electron chi connectivity index (χ3n) is 4.06. The highest BCUT2D eigenvalue weighted by Gasteiger charge is 2.36. The Hall–Kier alpha value is -1.11. The predicted octanol–water partition coefficient (Wildman–Crippen LogP) is 1.69. The minimum Gasteiger partial charge on any atom is -0.495 e. The second-order valence-electron chi connectivity index (χ2n) is 5.77. The summed E-state index contributed by atoms with van der Waals surface area (Å²) in [5, 5.41) is 3.03. The van der Waals surface area contributed by atoms with Gasteiger partial charge in [-0.1, -0.05) is 13.0 Å². The predicted molar refractivity (Wildman–Crippen MR) is 82.8 cm³/mol. The molecule has 0 saturated heterocycles. The number of nitrogens with zero attached hydrogens (tertiary/aromatic N) is 1. The van der Waals surface area contributed by atoms with Crippen molar-refractivity contribution in [1.29, 1.82) is 0 Å². The van der Waals surface area contributed by atoms with Crippen LogP contribution in [0, 0.1) is 11.8 Å². The highest BCUT2D eigenvalue weighted by molar-refractivity contribution is 7.89. The lowest BCUT2D eigenvalue weighted by atomic mass is 10.2. The first-order valence-electron chi connectivity index (χ1n) is 7.18. The van der Waals surface area contributed by atoms with Crippen molar-refractivity contribution in [2.75, 3.05) is 27.7 Å². The van der Waals surface area contributed by atoms with Gasteiger partial charge in [-0.05, 0) is 43.0 Å². The molecule has 1 fully saturated rings. The Labute approximate surface area is 127 Å². The quantitative estimate of drug-likeness (QED) is 0.832. The van der Waals surface area contributed by atoms with Crippen LogP contribution in [-0.2, 0) is 16.6 Å². The van der Waals surface area contributed by atoms with E-state index >= 15 is 0 Å². The summed E-state index contributed by atoms with van der Waals surface area (Å²) in [7, 11) is 1.45. The van der Waals surface area contributed by atoms with Gasteiger partial charge in [-0.2, -0.15) is 0 Å². The first-order chi connectivity index (χ1) is 9.90. The van der Waals surface area contributed by atoms with Crippen LogP contribution < -0.4 is 10.1 Å². The molecule has 1 aromatic rings. The first kappa shape index (κ1) is 16.3. The largest absolute Gasteiger partial charge is 0.495 e. The van der Waals surface area contributed by atoms with Crippen molar-refractivity contribution in [3.05, 3.63) is 23.8 Å². The first-order valence-corrected chi connectivity index (χ1v) is 8.62. The van der Waals surface area contributed by atoms with Gasteiger partial charge in [0.2, 0.25) is 10.0 Å². The molecule has 2 unspecified atom stereocenters. The second-order valence-corrected chi connectivity index (χ2v) is 7.79. The lowest BCUT2D eigenvalue weighted by molar-refractivity contribution is 0.395. The molecular weight excluding hydrogens is 288 g/mol. The molecule has 0 aromatic heterocycles. The molecule has 2 atom stereocenters. The van der Waals surface area contributed by atoms with Gasteiger partial charge >= 0.3 is 0 Å². The third kappa shape index (κ3) is 3.56. The fourth-order valence-electron chi connectivity index (χ4n) is 2.49. The van der Waals surface area contributed by atoms with Crippen molar-refractivity contribution in [3.8, 4) is 5.75 Å². The van der Waals surface area contributed by atoms with E-state index in [1.807, 2.05) is 13.1 Å². The standard InChI is InChI=1S/C15H24N2O3S/c1-11-7-13(11)10-17(3)21(18,19)15-8-12(9-16-2)5-6-14(15)20-4/h5-6,8,11,13,16H,7,9-10H2,1-4H3. The molecule has 0 aliphatic heterocycles. The van der Waals surface area contributed by atoms with Crippen molar-refractivity contribution in [3.63, 3.8) is 0 Å². The number of ether oxygens (including phenoxy) is 1. The normalized spacial score (nSPS) is 21.6. The summed E-state index contributed by atoms with van der Waals surface area (Å²) in [5.74, 6) is 1.50. The van der Waals surface area contributed by atoms with Crippen LogP contribution in [0.4, 0.5) is 0 Å². The van der Waals surface area contributed by atoms with E-state index in [4.69, 9.17) is 4.74 Å². The average Bonchev–Trinajstić information content (AvgIpc) is 3.14. The van der Waals surface area contributed by atoms with E-state index in [0.29, 0.717) is 30.7 Å². The number of hydrogen-bond acceptors (Lipinski definition) is 4. The smallest absolute Gasteiger partial charge is 0.246 e. The van der Waals surface area contributed by atoms with Gasteiger partial charge in [0.15, 0.2) is 0 Å². The number of rotatable bonds is 7. The molecule has 21 heavy (non-hydrogen) atoms. The second kappa shape index (κ2) is 6.34. The van der Waals surface area contributed by atoms with E-state index in [-0.39, 0.29) is 4.90 Å². The van der Waals surface area contributed by atoms with Crippen LogP contribution in [0.25, 0.3) is 0 Å². The zero-order valence-electron chi connectivity index (χ0n) is 13.1. The molecule has 0 amide bonds. The molecule has 1 saturated carbocycles. The fourth-order valence-corrected chi connectivity index (χ4v) is 3.92. The zero-order chi connectivity index (χ0) is 15.6. The van der Waals surface area contributed by atoms with Crippen molar-refractivity contribution in [2.45, 2.75) is 24.8 Å². The molecule has 0 spiro atoms. The van der Waals surface area contributed by atoms with Gasteiger partial charge in [0.05, 0.1) is 7.11 Å². The van der Waals surface area contributed by atoms with Gasteiger partial charge in [0.25, 0.3) is 0 Å². The third-order valence-corrected chi connectivity index (χ3v) is 5.91. The van der Waals surface area contributed by atoms with Crippen LogP contribution in [0.5, 0.6) is 5.75 Å². The van der Waals surface area contributed by atoms with E-state index in [1.54, 1.807) is 19.2 Å². The summed E-state index contributed by atoms with van der Waals surface area (Å²) in [4.78, 5) is 0.244. The molecule has 0 radical (unpaired) electrons. The highest BCUT2D eigenvalue weighted by atomic mass is 32.2. The number of nitrogens with one attached hydrogen (secondary N) is 1. The SMILES string of the molecule is CNCc1ccc(OC)c(S(=O)(=O)N(C)CC2CC2C)c1. The zero-order valence-corrected chi connectivity index (χ0v) is 13.9. The van der Waals surface area contributed by atoms with E-state index < -0.39 is 10.0 Å². The summed E-state index contributed by atoms with van der Waals surface area (Å²) < 4.78 is 32.2. The Balaban J connectivity index is 2.30. The Kier molecular flexibility index (Phi) is 4.91. The fraction of sp³-hybridized carbons (Fsp3) is 0.600. The highest BCUT2D eigenvalue weighted by Crippen LogP contribution is 2.39. The number of sulfonamides is 1. The molecule has 1 aliphatic rings. The van der Waals surface area contributed by atoms with Crippen LogP contribution in [0.2, 0.25) is 0 Å². The van der Waals surface area contributed by atoms with Crippen molar-refractivity contribution in [2.24, 2.45) is 11.8 Å². The van der Waals surface area contributed by atoms with E-state index in [0.717, 1.165) is 12.0 Å². The Morgan fingerprint density at radius 1 is 1.43 bits per heavy atom. The van der Waals surface area contributed by atoms with Crippen molar-refractivity contribution < 1.29 is 13.2 Å². The van der Waals surface area contributed by atoms with Crippen LogP contribution in [0.3, 0.4) is 0 Å². The molecule has 118 valence electrons. The molecule has 5 nitrogen and oxygen atoms in total. The minimum absolute atomic E-state index is 0.244. The van der Waals surface area contributed by atoms with Gasteiger partial charge in [0, 0.05) is 20.1 Å². The topological polar surface area (TPSA) is 58.6 Å². The Morgan fingerprint density at radius 2 is 2.10 bits per heavy atom. The molecule has 1 aliphatic carbocycles. The van der Waals surface area contributed by atoms with Crippen LogP contribution >= 0.6 is 0 Å².